The van der Waals surface area contributed by atoms with E-state index in [1.165, 1.54) is 6.07 Å². The van der Waals surface area contributed by atoms with Crippen molar-refractivity contribution in [3.8, 4) is 0 Å². The molecular formula is C17H21BrFNO2. The van der Waals surface area contributed by atoms with Crippen molar-refractivity contribution in [2.75, 3.05) is 0 Å². The molecule has 1 atom stereocenters. The molecule has 0 spiro atoms. The van der Waals surface area contributed by atoms with Crippen molar-refractivity contribution in [1.82, 2.24) is 4.90 Å². The van der Waals surface area contributed by atoms with Gasteiger partial charge in [-0.15, -0.1) is 0 Å². The fourth-order valence-corrected chi connectivity index (χ4v) is 2.69. The van der Waals surface area contributed by atoms with Crippen molar-refractivity contribution in [2.45, 2.75) is 52.2 Å². The van der Waals surface area contributed by atoms with Crippen molar-refractivity contribution in [3.63, 3.8) is 0 Å². The van der Waals surface area contributed by atoms with E-state index < -0.39 is 11.7 Å². The number of aryl methyl sites for hydroxylation is 1. The molecule has 0 saturated carbocycles. The molecule has 2 rings (SSSR count). The highest BCUT2D eigenvalue weighted by Gasteiger charge is 2.30. The lowest BCUT2D eigenvalue weighted by molar-refractivity contribution is 0.0248. The van der Waals surface area contributed by atoms with Gasteiger partial charge in [0.15, 0.2) is 0 Å². The molecule has 1 heterocycles. The molecule has 0 aliphatic carbocycles. The highest BCUT2D eigenvalue weighted by molar-refractivity contribution is 9.10. The molecule has 3 nitrogen and oxygen atoms in total. The van der Waals surface area contributed by atoms with E-state index >= 15 is 0 Å². The first-order valence-corrected chi connectivity index (χ1v) is 8.12. The van der Waals surface area contributed by atoms with Crippen LogP contribution in [0.2, 0.25) is 0 Å². The zero-order valence-corrected chi connectivity index (χ0v) is 14.9. The van der Waals surface area contributed by atoms with E-state index in [9.17, 15) is 9.18 Å². The molecule has 22 heavy (non-hydrogen) atoms. The van der Waals surface area contributed by atoms with Crippen LogP contribution >= 0.6 is 15.9 Å². The van der Waals surface area contributed by atoms with Crippen LogP contribution in [-0.4, -0.2) is 16.6 Å². The second-order valence-electron chi connectivity index (χ2n) is 6.50. The zero-order chi connectivity index (χ0) is 16.5. The molecule has 1 aromatic carbocycles. The molecule has 1 aliphatic rings. The molecule has 120 valence electrons. The van der Waals surface area contributed by atoms with Gasteiger partial charge in [-0.05, 0) is 73.7 Å². The molecule has 0 fully saturated rings. The van der Waals surface area contributed by atoms with E-state index in [4.69, 9.17) is 4.74 Å². The number of carbonyl (C=O) groups is 1. The molecule has 5 heteroatoms. The Morgan fingerprint density at radius 2 is 2.09 bits per heavy atom. The first-order valence-electron chi connectivity index (χ1n) is 7.32. The summed E-state index contributed by atoms with van der Waals surface area (Å²) in [5, 5.41) is 0. The average molecular weight is 370 g/mol. The Hall–Kier alpha value is -1.36. The largest absolute Gasteiger partial charge is 0.443 e. The summed E-state index contributed by atoms with van der Waals surface area (Å²) >= 11 is 3.23. The van der Waals surface area contributed by atoms with Gasteiger partial charge in [0.05, 0.1) is 10.5 Å². The van der Waals surface area contributed by atoms with Gasteiger partial charge in [0.2, 0.25) is 0 Å². The first kappa shape index (κ1) is 17.0. The van der Waals surface area contributed by atoms with Crippen molar-refractivity contribution in [3.05, 3.63) is 45.8 Å². The first-order chi connectivity index (χ1) is 10.2. The van der Waals surface area contributed by atoms with Gasteiger partial charge in [0.25, 0.3) is 0 Å². The highest BCUT2D eigenvalue weighted by Crippen LogP contribution is 2.34. The predicted octanol–water partition coefficient (Wildman–Crippen LogP) is 5.48. The maximum absolute atomic E-state index is 14.0. The molecule has 0 saturated heterocycles. The molecule has 0 N–H and O–H groups in total. The van der Waals surface area contributed by atoms with Crippen LogP contribution in [0.3, 0.4) is 0 Å². The Morgan fingerprint density at radius 3 is 2.68 bits per heavy atom. The maximum Gasteiger partial charge on any atom is 0.414 e. The molecule has 0 bridgehead atoms. The summed E-state index contributed by atoms with van der Waals surface area (Å²) < 4.78 is 19.9. The summed E-state index contributed by atoms with van der Waals surface area (Å²) in [6.45, 7) is 7.33. The summed E-state index contributed by atoms with van der Waals surface area (Å²) in [5.41, 5.74) is 1.04. The Morgan fingerprint density at radius 1 is 1.41 bits per heavy atom. The number of carbonyl (C=O) groups excluding carboxylic acids is 1. The van der Waals surface area contributed by atoms with E-state index in [0.717, 1.165) is 24.0 Å². The van der Waals surface area contributed by atoms with Crippen molar-refractivity contribution < 1.29 is 13.9 Å². The second-order valence-corrected chi connectivity index (χ2v) is 7.29. The lowest BCUT2D eigenvalue weighted by Crippen LogP contribution is -2.37. The van der Waals surface area contributed by atoms with Gasteiger partial charge in [0, 0.05) is 6.20 Å². The SMILES string of the molecule is Cc1cc(C2CCC=CN2C(=O)OC(C)(C)C)cc(F)c1Br. The fourth-order valence-electron chi connectivity index (χ4n) is 2.46. The maximum atomic E-state index is 14.0. The Balaban J connectivity index is 2.32. The van der Waals surface area contributed by atoms with E-state index in [1.54, 1.807) is 11.1 Å². The molecule has 1 aliphatic heterocycles. The van der Waals surface area contributed by atoms with Gasteiger partial charge in [-0.1, -0.05) is 12.1 Å². The monoisotopic (exact) mass is 369 g/mol. The van der Waals surface area contributed by atoms with Crippen LogP contribution in [0.5, 0.6) is 0 Å². The number of hydrogen-bond acceptors (Lipinski definition) is 2. The van der Waals surface area contributed by atoms with Gasteiger partial charge in [-0.3, -0.25) is 4.90 Å². The van der Waals surface area contributed by atoms with Gasteiger partial charge < -0.3 is 4.74 Å². The van der Waals surface area contributed by atoms with Crippen LogP contribution in [0, 0.1) is 12.7 Å². The van der Waals surface area contributed by atoms with Crippen LogP contribution in [0.4, 0.5) is 9.18 Å². The number of benzene rings is 1. The van der Waals surface area contributed by atoms with Crippen molar-refractivity contribution in [2.24, 2.45) is 0 Å². The Labute approximate surface area is 139 Å². The Bertz CT molecular complexity index is 584. The van der Waals surface area contributed by atoms with E-state index in [0.29, 0.717) is 4.47 Å². The van der Waals surface area contributed by atoms with Crippen molar-refractivity contribution >= 4 is 22.0 Å². The smallest absolute Gasteiger partial charge is 0.414 e. The number of halogens is 2. The summed E-state index contributed by atoms with van der Waals surface area (Å²) in [4.78, 5) is 13.9. The van der Waals surface area contributed by atoms with Crippen LogP contribution in [0.15, 0.2) is 28.9 Å². The molecule has 0 aromatic heterocycles. The van der Waals surface area contributed by atoms with Crippen LogP contribution < -0.4 is 0 Å². The standard InChI is InChI=1S/C17H21BrFNO2/c1-11-9-12(10-13(19)15(11)18)14-7-5-6-8-20(14)16(21)22-17(2,3)4/h6,8-10,14H,5,7H2,1-4H3. The minimum atomic E-state index is -0.562. The van der Waals surface area contributed by atoms with Gasteiger partial charge >= 0.3 is 6.09 Å². The molecule has 1 aromatic rings. The van der Waals surface area contributed by atoms with Crippen LogP contribution in [0.1, 0.15) is 50.8 Å². The predicted molar refractivity (Wildman–Crippen MR) is 88.0 cm³/mol. The minimum absolute atomic E-state index is 0.207. The summed E-state index contributed by atoms with van der Waals surface area (Å²) in [6, 6.07) is 3.19. The molecular weight excluding hydrogens is 349 g/mol. The lowest BCUT2D eigenvalue weighted by Gasteiger charge is -2.33. The number of ether oxygens (including phenoxy) is 1. The topological polar surface area (TPSA) is 29.5 Å². The van der Waals surface area contributed by atoms with Crippen LogP contribution in [-0.2, 0) is 4.74 Å². The van der Waals surface area contributed by atoms with Gasteiger partial charge in [-0.25, -0.2) is 9.18 Å². The fraction of sp³-hybridized carbons (Fsp3) is 0.471. The van der Waals surface area contributed by atoms with E-state index in [1.807, 2.05) is 39.8 Å². The van der Waals surface area contributed by atoms with E-state index in [-0.39, 0.29) is 11.9 Å². The number of hydrogen-bond donors (Lipinski definition) is 0. The number of nitrogens with zero attached hydrogens (tertiary/aromatic N) is 1. The third-order valence-corrected chi connectivity index (χ3v) is 4.43. The minimum Gasteiger partial charge on any atom is -0.443 e. The zero-order valence-electron chi connectivity index (χ0n) is 13.3. The molecule has 0 radical (unpaired) electrons. The van der Waals surface area contributed by atoms with Gasteiger partial charge in [-0.2, -0.15) is 0 Å². The summed E-state index contributed by atoms with van der Waals surface area (Å²) in [6.07, 6.45) is 4.85. The molecule has 1 unspecified atom stereocenters. The normalized spacial score (nSPS) is 18.5. The number of amides is 1. The number of allylic oxidation sites excluding steroid dienone is 1. The number of rotatable bonds is 1. The third kappa shape index (κ3) is 3.88. The lowest BCUT2D eigenvalue weighted by atomic mass is 9.97. The average Bonchev–Trinajstić information content (AvgIpc) is 2.42. The summed E-state index contributed by atoms with van der Waals surface area (Å²) in [5.74, 6) is -0.311. The van der Waals surface area contributed by atoms with Crippen LogP contribution in [0.25, 0.3) is 0 Å². The third-order valence-electron chi connectivity index (χ3n) is 3.43. The molecule has 1 amide bonds. The second kappa shape index (κ2) is 6.41. The van der Waals surface area contributed by atoms with Crippen molar-refractivity contribution in [1.29, 1.82) is 0 Å². The quantitative estimate of drug-likeness (QED) is 0.655. The summed E-state index contributed by atoms with van der Waals surface area (Å²) in [7, 11) is 0. The highest BCUT2D eigenvalue weighted by atomic mass is 79.9. The van der Waals surface area contributed by atoms with Gasteiger partial charge in [0.1, 0.15) is 11.4 Å². The Kier molecular flexibility index (Phi) is 4.95. The van der Waals surface area contributed by atoms with E-state index in [2.05, 4.69) is 15.9 Å².